The minimum atomic E-state index is -1.23. The molecule has 1 unspecified atom stereocenters. The number of furan rings is 1. The second-order valence-corrected chi connectivity index (χ2v) is 8.95. The number of Topliss-reactive ketones (excluding diaryl/α,β-unsaturated/α-hetero) is 1. The molecule has 1 aromatic heterocycles. The zero-order chi connectivity index (χ0) is 20.3. The Labute approximate surface area is 163 Å². The van der Waals surface area contributed by atoms with Crippen molar-refractivity contribution in [2.24, 2.45) is 28.6 Å². The van der Waals surface area contributed by atoms with E-state index in [0.29, 0.717) is 19.3 Å². The first-order valence-corrected chi connectivity index (χ1v) is 9.74. The van der Waals surface area contributed by atoms with E-state index in [1.165, 1.54) is 13.4 Å². The fourth-order valence-electron chi connectivity index (χ4n) is 6.17. The van der Waals surface area contributed by atoms with Crippen LogP contribution in [0.2, 0.25) is 0 Å². The van der Waals surface area contributed by atoms with Gasteiger partial charge in [-0.05, 0) is 42.6 Å². The van der Waals surface area contributed by atoms with Gasteiger partial charge < -0.3 is 19.0 Å². The zero-order valence-corrected chi connectivity index (χ0v) is 16.3. The van der Waals surface area contributed by atoms with Crippen LogP contribution in [-0.2, 0) is 23.9 Å². The van der Waals surface area contributed by atoms with Crippen molar-refractivity contribution in [1.29, 1.82) is 0 Å². The van der Waals surface area contributed by atoms with E-state index in [0.717, 1.165) is 5.56 Å². The third-order valence-electron chi connectivity index (χ3n) is 7.52. The van der Waals surface area contributed by atoms with E-state index in [2.05, 4.69) is 0 Å². The number of esters is 2. The standard InChI is InChI=1S/C21H26O7/c1-20-6-4-12-19(25)28-15(11-5-7-27-10-11)9-21(12,2)17(20)16(23)14(22)8-13(20)18(24)26-3/h5,7,10,12-15,17,22H,4,6,8-9H2,1-3H3/t12-,13-,14+,15-,17?,20-,21-/m0/s1. The minimum Gasteiger partial charge on any atom is -0.472 e. The van der Waals surface area contributed by atoms with Crippen LogP contribution in [-0.4, -0.2) is 36.0 Å². The molecule has 2 heterocycles. The molecule has 28 heavy (non-hydrogen) atoms. The third-order valence-corrected chi connectivity index (χ3v) is 7.52. The average Bonchev–Trinajstić information content (AvgIpc) is 3.18. The van der Waals surface area contributed by atoms with Crippen molar-refractivity contribution < 1.29 is 33.4 Å². The number of methoxy groups -OCH3 is 1. The first-order valence-electron chi connectivity index (χ1n) is 9.74. The van der Waals surface area contributed by atoms with Crippen molar-refractivity contribution >= 4 is 17.7 Å². The molecule has 4 rings (SSSR count). The number of carbonyl (C=O) groups is 3. The van der Waals surface area contributed by atoms with Crippen molar-refractivity contribution in [3.8, 4) is 0 Å². The van der Waals surface area contributed by atoms with Crippen LogP contribution >= 0.6 is 0 Å². The molecule has 152 valence electrons. The van der Waals surface area contributed by atoms with Gasteiger partial charge in [-0.2, -0.15) is 0 Å². The molecule has 3 aliphatic rings. The molecule has 0 aromatic carbocycles. The molecule has 2 aliphatic carbocycles. The van der Waals surface area contributed by atoms with Crippen LogP contribution in [0.3, 0.4) is 0 Å². The quantitative estimate of drug-likeness (QED) is 0.774. The molecule has 3 fully saturated rings. The maximum Gasteiger partial charge on any atom is 0.310 e. The number of cyclic esters (lactones) is 1. The highest BCUT2D eigenvalue weighted by Gasteiger charge is 2.67. The SMILES string of the molecule is COC(=O)[C@@H]1C[C@@H](O)C(=O)C2[C@@]1(C)CC[C@H]1C(=O)O[C@H](c3ccoc3)C[C@]21C. The molecule has 0 bridgehead atoms. The van der Waals surface area contributed by atoms with Crippen molar-refractivity contribution in [2.45, 2.75) is 51.7 Å². The molecule has 1 saturated heterocycles. The lowest BCUT2D eigenvalue weighted by Gasteiger charge is -2.60. The molecule has 1 aliphatic heterocycles. The number of aliphatic hydroxyl groups excluding tert-OH is 1. The molecule has 7 heteroatoms. The summed E-state index contributed by atoms with van der Waals surface area (Å²) in [5.41, 5.74) is -0.656. The van der Waals surface area contributed by atoms with E-state index < -0.39 is 46.8 Å². The Morgan fingerprint density at radius 2 is 2.04 bits per heavy atom. The van der Waals surface area contributed by atoms with Crippen molar-refractivity contribution in [3.63, 3.8) is 0 Å². The molecule has 0 radical (unpaired) electrons. The van der Waals surface area contributed by atoms with Gasteiger partial charge in [0.15, 0.2) is 5.78 Å². The summed E-state index contributed by atoms with van der Waals surface area (Å²) in [6.07, 6.45) is 2.88. The maximum atomic E-state index is 13.2. The van der Waals surface area contributed by atoms with Gasteiger partial charge in [0.05, 0.1) is 31.5 Å². The molecule has 1 aromatic rings. The van der Waals surface area contributed by atoms with Gasteiger partial charge >= 0.3 is 11.9 Å². The van der Waals surface area contributed by atoms with Crippen LogP contribution in [0.1, 0.15) is 51.2 Å². The topological polar surface area (TPSA) is 103 Å². The van der Waals surface area contributed by atoms with Crippen molar-refractivity contribution in [3.05, 3.63) is 24.2 Å². The lowest BCUT2D eigenvalue weighted by atomic mass is 9.43. The van der Waals surface area contributed by atoms with Gasteiger partial charge in [-0.15, -0.1) is 0 Å². The predicted molar refractivity (Wildman–Crippen MR) is 95.7 cm³/mol. The lowest BCUT2D eigenvalue weighted by molar-refractivity contribution is -0.207. The van der Waals surface area contributed by atoms with Crippen molar-refractivity contribution in [2.75, 3.05) is 7.11 Å². The monoisotopic (exact) mass is 390 g/mol. The molecule has 2 saturated carbocycles. The second kappa shape index (κ2) is 6.44. The molecule has 7 atom stereocenters. The Balaban J connectivity index is 1.79. The zero-order valence-electron chi connectivity index (χ0n) is 16.3. The van der Waals surface area contributed by atoms with Crippen LogP contribution in [0.25, 0.3) is 0 Å². The Bertz CT molecular complexity index is 800. The van der Waals surface area contributed by atoms with Crippen LogP contribution in [0, 0.1) is 28.6 Å². The van der Waals surface area contributed by atoms with E-state index in [-0.39, 0.29) is 18.2 Å². The molecule has 1 N–H and O–H groups in total. The summed E-state index contributed by atoms with van der Waals surface area (Å²) in [5.74, 6) is -2.68. The molecule has 0 amide bonds. The van der Waals surface area contributed by atoms with Crippen LogP contribution < -0.4 is 0 Å². The number of carbonyl (C=O) groups excluding carboxylic acids is 3. The highest BCUT2D eigenvalue weighted by molar-refractivity contribution is 5.91. The first-order chi connectivity index (χ1) is 13.2. The number of ether oxygens (including phenoxy) is 2. The number of rotatable bonds is 2. The fourth-order valence-corrected chi connectivity index (χ4v) is 6.17. The molecule has 0 spiro atoms. The van der Waals surface area contributed by atoms with E-state index in [1.54, 1.807) is 12.3 Å². The fraction of sp³-hybridized carbons (Fsp3) is 0.667. The normalized spacial score (nSPS) is 42.9. The average molecular weight is 390 g/mol. The Hall–Kier alpha value is -2.15. The summed E-state index contributed by atoms with van der Waals surface area (Å²) < 4.78 is 15.8. The van der Waals surface area contributed by atoms with Crippen LogP contribution in [0.4, 0.5) is 0 Å². The number of ketones is 1. The van der Waals surface area contributed by atoms with Gasteiger partial charge in [-0.1, -0.05) is 13.8 Å². The number of fused-ring (bicyclic) bond motifs is 3. The van der Waals surface area contributed by atoms with Crippen LogP contribution in [0.15, 0.2) is 23.0 Å². The van der Waals surface area contributed by atoms with E-state index >= 15 is 0 Å². The number of hydrogen-bond acceptors (Lipinski definition) is 7. The van der Waals surface area contributed by atoms with Crippen molar-refractivity contribution in [1.82, 2.24) is 0 Å². The van der Waals surface area contributed by atoms with Gasteiger partial charge in [0.25, 0.3) is 0 Å². The predicted octanol–water partition coefficient (Wildman–Crippen LogP) is 2.43. The van der Waals surface area contributed by atoms with Gasteiger partial charge in [-0.3, -0.25) is 14.4 Å². The van der Waals surface area contributed by atoms with E-state index in [4.69, 9.17) is 13.9 Å². The minimum absolute atomic E-state index is 0.0643. The van der Waals surface area contributed by atoms with Crippen LogP contribution in [0.5, 0.6) is 0 Å². The maximum absolute atomic E-state index is 13.2. The summed E-state index contributed by atoms with van der Waals surface area (Å²) in [7, 11) is 1.32. The van der Waals surface area contributed by atoms with Gasteiger partial charge in [0.1, 0.15) is 12.2 Å². The van der Waals surface area contributed by atoms with E-state index in [9.17, 15) is 19.5 Å². The summed E-state index contributed by atoms with van der Waals surface area (Å²) in [6, 6.07) is 1.75. The summed E-state index contributed by atoms with van der Waals surface area (Å²) >= 11 is 0. The van der Waals surface area contributed by atoms with Gasteiger partial charge in [0, 0.05) is 11.5 Å². The molecular weight excluding hydrogens is 364 g/mol. The van der Waals surface area contributed by atoms with E-state index in [1.807, 2.05) is 13.8 Å². The van der Waals surface area contributed by atoms with Gasteiger partial charge in [0.2, 0.25) is 0 Å². The summed E-state index contributed by atoms with van der Waals surface area (Å²) in [5, 5.41) is 10.5. The lowest BCUT2D eigenvalue weighted by Crippen LogP contribution is -2.64. The Morgan fingerprint density at radius 1 is 1.29 bits per heavy atom. The summed E-state index contributed by atoms with van der Waals surface area (Å²) in [4.78, 5) is 38.6. The highest BCUT2D eigenvalue weighted by Crippen LogP contribution is 2.64. The second-order valence-electron chi connectivity index (χ2n) is 8.95. The smallest absolute Gasteiger partial charge is 0.310 e. The Morgan fingerprint density at radius 3 is 2.68 bits per heavy atom. The first kappa shape index (κ1) is 19.2. The number of hydrogen-bond donors (Lipinski definition) is 1. The van der Waals surface area contributed by atoms with Gasteiger partial charge in [-0.25, -0.2) is 0 Å². The highest BCUT2D eigenvalue weighted by atomic mass is 16.5. The number of aliphatic hydroxyl groups is 1. The Kier molecular flexibility index (Phi) is 4.41. The molecular formula is C21H26O7. The largest absolute Gasteiger partial charge is 0.472 e. The summed E-state index contributed by atoms with van der Waals surface area (Å²) in [6.45, 7) is 3.86. The molecule has 7 nitrogen and oxygen atoms in total. The third kappa shape index (κ3) is 2.55.